The zero-order valence-corrected chi connectivity index (χ0v) is 9.39. The number of benzene rings is 1. The molecule has 1 aromatic carbocycles. The molecule has 4 heteroatoms. The Morgan fingerprint density at radius 3 is 2.50 bits per heavy atom. The largest absolute Gasteiger partial charge is 0.443 e. The smallest absolute Gasteiger partial charge is 0.282 e. The van der Waals surface area contributed by atoms with Crippen LogP contribution in [0.5, 0.6) is 0 Å². The lowest BCUT2D eigenvalue weighted by molar-refractivity contribution is 0.429. The second-order valence-corrected chi connectivity index (χ2v) is 6.04. The van der Waals surface area contributed by atoms with Gasteiger partial charge in [-0.1, -0.05) is 29.8 Å². The molecule has 1 heterocycles. The Labute approximate surface area is 88.0 Å². The van der Waals surface area contributed by atoms with E-state index >= 15 is 0 Å². The van der Waals surface area contributed by atoms with E-state index in [2.05, 4.69) is 0 Å². The van der Waals surface area contributed by atoms with Crippen molar-refractivity contribution < 1.29 is 9.09 Å². The summed E-state index contributed by atoms with van der Waals surface area (Å²) < 4.78 is 17.6. The van der Waals surface area contributed by atoms with Crippen molar-refractivity contribution in [2.75, 3.05) is 6.16 Å². The van der Waals surface area contributed by atoms with E-state index in [4.69, 9.17) is 16.1 Å². The minimum absolute atomic E-state index is 0.324. The van der Waals surface area contributed by atoms with Gasteiger partial charge in [0.05, 0.1) is 11.2 Å². The molecule has 0 spiro atoms. The van der Waals surface area contributed by atoms with Gasteiger partial charge in [0.25, 0.3) is 7.37 Å². The first-order chi connectivity index (χ1) is 6.62. The summed E-state index contributed by atoms with van der Waals surface area (Å²) in [4.78, 5) is 0. The monoisotopic (exact) mass is 228 g/mol. The summed E-state index contributed by atoms with van der Waals surface area (Å²) in [6.45, 7) is 1.74. The standard InChI is InChI=1S/C10H10ClO2P/c1-8-10(11)7-14(12,13-8)9-5-3-2-4-6-9/h2-6H,7H2,1H3. The van der Waals surface area contributed by atoms with Crippen molar-refractivity contribution in [2.45, 2.75) is 6.92 Å². The summed E-state index contributed by atoms with van der Waals surface area (Å²) in [6.07, 6.45) is 0.324. The van der Waals surface area contributed by atoms with Gasteiger partial charge in [-0.15, -0.1) is 0 Å². The normalized spacial score (nSPS) is 26.4. The zero-order chi connectivity index (χ0) is 10.2. The maximum atomic E-state index is 12.3. The van der Waals surface area contributed by atoms with Gasteiger partial charge in [0, 0.05) is 5.30 Å². The summed E-state index contributed by atoms with van der Waals surface area (Å²) in [5, 5.41) is 1.30. The van der Waals surface area contributed by atoms with Crippen LogP contribution in [-0.2, 0) is 9.09 Å². The summed E-state index contributed by atoms with van der Waals surface area (Å²) in [5.41, 5.74) is 0. The van der Waals surface area contributed by atoms with E-state index < -0.39 is 7.37 Å². The fourth-order valence-electron chi connectivity index (χ4n) is 1.40. The van der Waals surface area contributed by atoms with Gasteiger partial charge in [-0.3, -0.25) is 4.57 Å². The molecule has 0 amide bonds. The van der Waals surface area contributed by atoms with Crippen molar-refractivity contribution in [3.05, 3.63) is 41.1 Å². The number of hydrogen-bond donors (Lipinski definition) is 0. The SMILES string of the molecule is CC1=C(Cl)CP(=O)(c2ccccc2)O1. The van der Waals surface area contributed by atoms with Crippen molar-refractivity contribution in [3.8, 4) is 0 Å². The van der Waals surface area contributed by atoms with Crippen LogP contribution in [-0.4, -0.2) is 6.16 Å². The van der Waals surface area contributed by atoms with Gasteiger partial charge in [0.2, 0.25) is 0 Å². The van der Waals surface area contributed by atoms with Crippen molar-refractivity contribution in [1.82, 2.24) is 0 Å². The Morgan fingerprint density at radius 2 is 2.00 bits per heavy atom. The zero-order valence-electron chi connectivity index (χ0n) is 7.74. The number of rotatable bonds is 1. The van der Waals surface area contributed by atoms with E-state index in [0.717, 1.165) is 5.30 Å². The summed E-state index contributed by atoms with van der Waals surface area (Å²) >= 11 is 5.88. The van der Waals surface area contributed by atoms with Crippen LogP contribution in [0.15, 0.2) is 41.1 Å². The molecule has 14 heavy (non-hydrogen) atoms. The lowest BCUT2D eigenvalue weighted by atomic mass is 10.4. The fraction of sp³-hybridized carbons (Fsp3) is 0.200. The topological polar surface area (TPSA) is 26.3 Å². The van der Waals surface area contributed by atoms with Crippen LogP contribution in [0.2, 0.25) is 0 Å². The average Bonchev–Trinajstić information content (AvgIpc) is 2.44. The molecule has 0 bridgehead atoms. The molecule has 0 saturated heterocycles. The first-order valence-electron chi connectivity index (χ1n) is 4.31. The van der Waals surface area contributed by atoms with Crippen LogP contribution < -0.4 is 5.30 Å². The summed E-state index contributed by atoms with van der Waals surface area (Å²) in [7, 11) is -2.74. The van der Waals surface area contributed by atoms with Crippen molar-refractivity contribution in [3.63, 3.8) is 0 Å². The Bertz CT molecular complexity index is 407. The fourth-order valence-corrected chi connectivity index (χ4v) is 4.08. The first-order valence-corrected chi connectivity index (χ1v) is 6.50. The van der Waals surface area contributed by atoms with E-state index in [9.17, 15) is 4.57 Å². The molecule has 0 aliphatic carbocycles. The minimum Gasteiger partial charge on any atom is -0.443 e. The maximum Gasteiger partial charge on any atom is 0.282 e. The quantitative estimate of drug-likeness (QED) is 0.691. The number of allylic oxidation sites excluding steroid dienone is 2. The first kappa shape index (κ1) is 9.82. The summed E-state index contributed by atoms with van der Waals surface area (Å²) in [6, 6.07) is 9.19. The molecule has 2 nitrogen and oxygen atoms in total. The molecule has 0 aromatic heterocycles. The predicted octanol–water partition coefficient (Wildman–Crippen LogP) is 3.09. The van der Waals surface area contributed by atoms with Crippen LogP contribution in [0.1, 0.15) is 6.92 Å². The number of hydrogen-bond acceptors (Lipinski definition) is 2. The van der Waals surface area contributed by atoms with Gasteiger partial charge in [-0.25, -0.2) is 0 Å². The third kappa shape index (κ3) is 1.60. The average molecular weight is 229 g/mol. The van der Waals surface area contributed by atoms with Crippen LogP contribution in [0, 0.1) is 0 Å². The second kappa shape index (κ2) is 3.45. The molecule has 1 atom stereocenters. The van der Waals surface area contributed by atoms with Gasteiger partial charge in [0.15, 0.2) is 0 Å². The minimum atomic E-state index is -2.74. The third-order valence-corrected chi connectivity index (χ3v) is 5.14. The van der Waals surface area contributed by atoms with Gasteiger partial charge < -0.3 is 4.52 Å². The van der Waals surface area contributed by atoms with E-state index in [1.165, 1.54) is 0 Å². The highest BCUT2D eigenvalue weighted by molar-refractivity contribution is 7.67. The van der Waals surface area contributed by atoms with Crippen LogP contribution in [0.3, 0.4) is 0 Å². The molecule has 0 fully saturated rings. The Kier molecular flexibility index (Phi) is 2.42. The summed E-state index contributed by atoms with van der Waals surface area (Å²) in [5.74, 6) is 0.582. The number of halogens is 1. The molecular weight excluding hydrogens is 219 g/mol. The Hall–Kier alpha value is -0.720. The van der Waals surface area contributed by atoms with Crippen LogP contribution in [0.4, 0.5) is 0 Å². The van der Waals surface area contributed by atoms with Crippen molar-refractivity contribution in [2.24, 2.45) is 0 Å². The molecular formula is C10H10ClO2P. The second-order valence-electron chi connectivity index (χ2n) is 3.22. The third-order valence-electron chi connectivity index (χ3n) is 2.16. The van der Waals surface area contributed by atoms with Gasteiger partial charge >= 0.3 is 0 Å². The van der Waals surface area contributed by atoms with Crippen molar-refractivity contribution in [1.29, 1.82) is 0 Å². The van der Waals surface area contributed by atoms with Gasteiger partial charge in [0.1, 0.15) is 5.76 Å². The highest BCUT2D eigenvalue weighted by Crippen LogP contribution is 2.55. The molecule has 2 rings (SSSR count). The van der Waals surface area contributed by atoms with Gasteiger partial charge in [-0.2, -0.15) is 0 Å². The van der Waals surface area contributed by atoms with Crippen LogP contribution in [0.25, 0.3) is 0 Å². The molecule has 1 aliphatic rings. The molecule has 1 aliphatic heterocycles. The highest BCUT2D eigenvalue weighted by Gasteiger charge is 2.34. The molecule has 0 N–H and O–H groups in total. The maximum absolute atomic E-state index is 12.3. The van der Waals surface area contributed by atoms with Crippen LogP contribution >= 0.6 is 19.0 Å². The molecule has 1 unspecified atom stereocenters. The Balaban J connectivity index is 2.35. The van der Waals surface area contributed by atoms with E-state index in [1.807, 2.05) is 30.3 Å². The van der Waals surface area contributed by atoms with E-state index in [1.54, 1.807) is 6.92 Å². The van der Waals surface area contributed by atoms with E-state index in [-0.39, 0.29) is 0 Å². The molecule has 1 aromatic rings. The van der Waals surface area contributed by atoms with Gasteiger partial charge in [-0.05, 0) is 19.1 Å². The van der Waals surface area contributed by atoms with Crippen molar-refractivity contribution >= 4 is 24.3 Å². The van der Waals surface area contributed by atoms with E-state index in [0.29, 0.717) is 17.0 Å². The molecule has 74 valence electrons. The highest BCUT2D eigenvalue weighted by atomic mass is 35.5. The lowest BCUT2D eigenvalue weighted by Gasteiger charge is -2.11. The Morgan fingerprint density at radius 1 is 1.36 bits per heavy atom. The molecule has 0 radical (unpaired) electrons. The lowest BCUT2D eigenvalue weighted by Crippen LogP contribution is -2.05. The molecule has 0 saturated carbocycles. The predicted molar refractivity (Wildman–Crippen MR) is 58.2 cm³/mol.